The van der Waals surface area contributed by atoms with Gasteiger partial charge in [0.1, 0.15) is 5.82 Å². The van der Waals surface area contributed by atoms with Crippen LogP contribution in [0.15, 0.2) is 30.5 Å². The monoisotopic (exact) mass is 327 g/mol. The van der Waals surface area contributed by atoms with Crippen LogP contribution in [0.25, 0.3) is 0 Å². The van der Waals surface area contributed by atoms with Crippen molar-refractivity contribution in [3.05, 3.63) is 36.0 Å². The molecular weight excluding hydrogens is 298 g/mol. The van der Waals surface area contributed by atoms with Crippen LogP contribution in [0.1, 0.15) is 40.2 Å². The third kappa shape index (κ3) is 4.85. The Morgan fingerprint density at radius 2 is 1.79 bits per heavy atom. The van der Waals surface area contributed by atoms with Crippen molar-refractivity contribution in [3.63, 3.8) is 0 Å². The summed E-state index contributed by atoms with van der Waals surface area (Å²) in [5.74, 6) is 1.42. The first-order valence-corrected chi connectivity index (χ1v) is 8.56. The predicted octanol–water partition coefficient (Wildman–Crippen LogP) is 4.59. The molecule has 0 bridgehead atoms. The number of hydrogen-bond acceptors (Lipinski definition) is 5. The summed E-state index contributed by atoms with van der Waals surface area (Å²) >= 11 is 0. The maximum atomic E-state index is 4.54. The van der Waals surface area contributed by atoms with Crippen LogP contribution in [0, 0.1) is 6.92 Å². The first kappa shape index (κ1) is 18.0. The van der Waals surface area contributed by atoms with Gasteiger partial charge in [0.05, 0.1) is 0 Å². The average molecular weight is 327 g/mol. The molecule has 0 spiro atoms. The lowest BCUT2D eigenvalue weighted by Gasteiger charge is -2.22. The van der Waals surface area contributed by atoms with Gasteiger partial charge in [-0.25, -0.2) is 4.98 Å². The zero-order valence-electron chi connectivity index (χ0n) is 15.6. The summed E-state index contributed by atoms with van der Waals surface area (Å²) in [5.41, 5.74) is 3.44. The number of nitrogens with one attached hydrogen (secondary N) is 2. The molecule has 24 heavy (non-hydrogen) atoms. The Hall–Kier alpha value is -2.30. The lowest BCUT2D eigenvalue weighted by Crippen LogP contribution is -2.27. The molecule has 0 fully saturated rings. The van der Waals surface area contributed by atoms with Gasteiger partial charge in [-0.05, 0) is 71.4 Å². The number of nitrogens with zero attached hydrogens (tertiary/aromatic N) is 3. The highest BCUT2D eigenvalue weighted by Gasteiger charge is 2.12. The molecule has 0 atom stereocenters. The second kappa shape index (κ2) is 7.51. The van der Waals surface area contributed by atoms with Gasteiger partial charge in [0.25, 0.3) is 0 Å². The highest BCUT2D eigenvalue weighted by atomic mass is 15.2. The zero-order valence-corrected chi connectivity index (χ0v) is 15.6. The first-order valence-electron chi connectivity index (χ1n) is 8.56. The smallest absolute Gasteiger partial charge is 0.225 e. The van der Waals surface area contributed by atoms with E-state index in [1.165, 1.54) is 11.3 Å². The van der Waals surface area contributed by atoms with Gasteiger partial charge in [0.15, 0.2) is 0 Å². The van der Waals surface area contributed by atoms with Crippen molar-refractivity contribution in [2.75, 3.05) is 28.6 Å². The largest absolute Gasteiger partial charge is 0.372 e. The van der Waals surface area contributed by atoms with E-state index >= 15 is 0 Å². The maximum Gasteiger partial charge on any atom is 0.225 e. The first-order chi connectivity index (χ1) is 11.3. The summed E-state index contributed by atoms with van der Waals surface area (Å²) in [6.45, 7) is 14.8. The highest BCUT2D eigenvalue weighted by Crippen LogP contribution is 2.25. The van der Waals surface area contributed by atoms with Gasteiger partial charge in [-0.3, -0.25) is 0 Å². The van der Waals surface area contributed by atoms with Gasteiger partial charge in [0, 0.05) is 36.2 Å². The Labute approximate surface area is 145 Å². The summed E-state index contributed by atoms with van der Waals surface area (Å²) in [6.07, 6.45) is 1.77. The SMILES string of the molecule is CCN(CC)c1ccc(Nc2ccnc(NC(C)(C)C)n2)c(C)c1. The molecule has 130 valence electrons. The normalized spacial score (nSPS) is 11.2. The zero-order chi connectivity index (χ0) is 17.7. The number of rotatable bonds is 6. The standard InChI is InChI=1S/C19H29N5/c1-7-24(8-2)15-9-10-16(14(3)13-15)21-17-11-12-20-18(22-17)23-19(4,5)6/h9-13H,7-8H2,1-6H3,(H2,20,21,22,23). The van der Waals surface area contributed by atoms with Gasteiger partial charge in [0.2, 0.25) is 5.95 Å². The number of benzene rings is 1. The molecule has 2 N–H and O–H groups in total. The van der Waals surface area contributed by atoms with E-state index in [9.17, 15) is 0 Å². The molecule has 0 saturated carbocycles. The van der Waals surface area contributed by atoms with Crippen molar-refractivity contribution in [1.29, 1.82) is 0 Å². The minimum absolute atomic E-state index is 0.0695. The van der Waals surface area contributed by atoms with Crippen molar-refractivity contribution in [2.45, 2.75) is 47.1 Å². The highest BCUT2D eigenvalue weighted by molar-refractivity contribution is 5.65. The van der Waals surface area contributed by atoms with E-state index in [4.69, 9.17) is 0 Å². The van der Waals surface area contributed by atoms with Gasteiger partial charge < -0.3 is 15.5 Å². The Morgan fingerprint density at radius 3 is 2.38 bits per heavy atom. The third-order valence-electron chi connectivity index (χ3n) is 3.74. The van der Waals surface area contributed by atoms with E-state index in [-0.39, 0.29) is 5.54 Å². The molecule has 0 saturated heterocycles. The van der Waals surface area contributed by atoms with Crippen molar-refractivity contribution in [1.82, 2.24) is 9.97 Å². The lowest BCUT2D eigenvalue weighted by molar-refractivity contribution is 0.626. The van der Waals surface area contributed by atoms with Crippen LogP contribution in [0.4, 0.5) is 23.1 Å². The molecule has 1 aromatic carbocycles. The molecule has 0 unspecified atom stereocenters. The Morgan fingerprint density at radius 1 is 1.08 bits per heavy atom. The summed E-state index contributed by atoms with van der Waals surface area (Å²) in [4.78, 5) is 11.2. The second-order valence-corrected chi connectivity index (χ2v) is 6.94. The average Bonchev–Trinajstić information content (AvgIpc) is 2.50. The minimum Gasteiger partial charge on any atom is -0.372 e. The molecular formula is C19H29N5. The van der Waals surface area contributed by atoms with Crippen LogP contribution in [-0.2, 0) is 0 Å². The Kier molecular flexibility index (Phi) is 5.65. The molecule has 0 aliphatic heterocycles. The van der Waals surface area contributed by atoms with E-state index in [2.05, 4.69) is 85.2 Å². The van der Waals surface area contributed by atoms with E-state index < -0.39 is 0 Å². The fourth-order valence-electron chi connectivity index (χ4n) is 2.54. The summed E-state index contributed by atoms with van der Waals surface area (Å²) < 4.78 is 0. The summed E-state index contributed by atoms with van der Waals surface area (Å²) in [7, 11) is 0. The molecule has 5 heteroatoms. The fraction of sp³-hybridized carbons (Fsp3) is 0.474. The Bertz CT molecular complexity index is 672. The molecule has 2 aromatic rings. The third-order valence-corrected chi connectivity index (χ3v) is 3.74. The minimum atomic E-state index is -0.0695. The van der Waals surface area contributed by atoms with E-state index in [0.29, 0.717) is 5.95 Å². The van der Waals surface area contributed by atoms with E-state index in [0.717, 1.165) is 24.6 Å². The van der Waals surface area contributed by atoms with Gasteiger partial charge >= 0.3 is 0 Å². The number of anilines is 4. The lowest BCUT2D eigenvalue weighted by atomic mass is 10.1. The van der Waals surface area contributed by atoms with Crippen molar-refractivity contribution in [3.8, 4) is 0 Å². The molecule has 0 radical (unpaired) electrons. The quantitative estimate of drug-likeness (QED) is 0.813. The van der Waals surface area contributed by atoms with Crippen LogP contribution >= 0.6 is 0 Å². The fourth-order valence-corrected chi connectivity index (χ4v) is 2.54. The van der Waals surface area contributed by atoms with Crippen LogP contribution in [0.5, 0.6) is 0 Å². The number of aryl methyl sites for hydroxylation is 1. The van der Waals surface area contributed by atoms with E-state index in [1.54, 1.807) is 6.20 Å². The number of hydrogen-bond donors (Lipinski definition) is 2. The van der Waals surface area contributed by atoms with Crippen LogP contribution in [0.3, 0.4) is 0 Å². The topological polar surface area (TPSA) is 53.1 Å². The number of aromatic nitrogens is 2. The van der Waals surface area contributed by atoms with Gasteiger partial charge in [-0.1, -0.05) is 0 Å². The molecule has 1 aromatic heterocycles. The van der Waals surface area contributed by atoms with Crippen LogP contribution in [-0.4, -0.2) is 28.6 Å². The van der Waals surface area contributed by atoms with Crippen molar-refractivity contribution < 1.29 is 0 Å². The summed E-state index contributed by atoms with van der Waals surface area (Å²) in [6, 6.07) is 8.36. The maximum absolute atomic E-state index is 4.54. The van der Waals surface area contributed by atoms with E-state index in [1.807, 2.05) is 6.07 Å². The van der Waals surface area contributed by atoms with Gasteiger partial charge in [-0.2, -0.15) is 4.98 Å². The Balaban J connectivity index is 2.18. The molecule has 0 aliphatic carbocycles. The molecule has 2 rings (SSSR count). The molecule has 1 heterocycles. The molecule has 0 aliphatic rings. The van der Waals surface area contributed by atoms with Gasteiger partial charge in [-0.15, -0.1) is 0 Å². The predicted molar refractivity (Wildman–Crippen MR) is 103 cm³/mol. The van der Waals surface area contributed by atoms with Crippen molar-refractivity contribution >= 4 is 23.1 Å². The molecule has 0 amide bonds. The van der Waals surface area contributed by atoms with Crippen molar-refractivity contribution in [2.24, 2.45) is 0 Å². The molecule has 5 nitrogen and oxygen atoms in total. The second-order valence-electron chi connectivity index (χ2n) is 6.94. The van der Waals surface area contributed by atoms with Crippen LogP contribution < -0.4 is 15.5 Å². The van der Waals surface area contributed by atoms with Crippen LogP contribution in [0.2, 0.25) is 0 Å². The summed E-state index contributed by atoms with van der Waals surface area (Å²) in [5, 5.41) is 6.68.